The number of hydrogen-bond acceptors (Lipinski definition) is 4. The lowest BCUT2D eigenvalue weighted by Crippen LogP contribution is -2.47. The summed E-state index contributed by atoms with van der Waals surface area (Å²) in [6, 6.07) is 6.52. The number of rotatable bonds is 8. The van der Waals surface area contributed by atoms with E-state index in [0.29, 0.717) is 29.8 Å². The number of benzene rings is 1. The maximum atomic E-state index is 12.8. The molecule has 1 saturated carbocycles. The van der Waals surface area contributed by atoms with Crippen molar-refractivity contribution < 1.29 is 9.53 Å². The van der Waals surface area contributed by atoms with Gasteiger partial charge in [0.15, 0.2) is 5.78 Å². The van der Waals surface area contributed by atoms with Gasteiger partial charge < -0.3 is 9.64 Å². The molecule has 3 rings (SSSR count). The number of anilines is 1. The van der Waals surface area contributed by atoms with E-state index in [2.05, 4.69) is 56.6 Å². The molecule has 0 amide bonds. The number of piperazine rings is 1. The minimum atomic E-state index is 0.191. The maximum absolute atomic E-state index is 12.8. The molecule has 4 nitrogen and oxygen atoms in total. The summed E-state index contributed by atoms with van der Waals surface area (Å²) in [6.07, 6.45) is 5.31. The van der Waals surface area contributed by atoms with Crippen LogP contribution in [-0.4, -0.2) is 57.1 Å². The maximum Gasteiger partial charge on any atom is 0.165 e. The van der Waals surface area contributed by atoms with Crippen molar-refractivity contribution in [3.05, 3.63) is 29.3 Å². The molecule has 174 valence electrons. The Hall–Kier alpha value is -1.39. The molecule has 0 aromatic heterocycles. The summed E-state index contributed by atoms with van der Waals surface area (Å²) in [5, 5.41) is 0. The van der Waals surface area contributed by atoms with Crippen molar-refractivity contribution in [1.82, 2.24) is 4.90 Å². The van der Waals surface area contributed by atoms with Gasteiger partial charge in [0.05, 0.1) is 6.61 Å². The van der Waals surface area contributed by atoms with E-state index in [1.165, 1.54) is 43.5 Å². The Labute approximate surface area is 190 Å². The number of carbonyl (C=O) groups is 1. The highest BCUT2D eigenvalue weighted by Crippen LogP contribution is 2.53. The SMILES string of the molecule is CCCN1CCN(c2ccc(C(=O)CCOC)cc2C2CC(C)(C)CC(C)(C)C2)CC1. The van der Waals surface area contributed by atoms with Crippen molar-refractivity contribution in [2.24, 2.45) is 10.8 Å². The lowest BCUT2D eigenvalue weighted by molar-refractivity contribution is 0.0931. The van der Waals surface area contributed by atoms with Crippen LogP contribution in [0.15, 0.2) is 18.2 Å². The van der Waals surface area contributed by atoms with Gasteiger partial charge in [-0.05, 0) is 72.7 Å². The topological polar surface area (TPSA) is 32.8 Å². The smallest absolute Gasteiger partial charge is 0.165 e. The molecular weight excluding hydrogens is 384 g/mol. The molecule has 31 heavy (non-hydrogen) atoms. The summed E-state index contributed by atoms with van der Waals surface area (Å²) in [6.45, 7) is 18.0. The van der Waals surface area contributed by atoms with E-state index < -0.39 is 0 Å². The van der Waals surface area contributed by atoms with Gasteiger partial charge in [0, 0.05) is 51.0 Å². The number of methoxy groups -OCH3 is 1. The lowest BCUT2D eigenvalue weighted by atomic mass is 9.60. The highest BCUT2D eigenvalue weighted by molar-refractivity contribution is 5.96. The normalized spacial score (nSPS) is 21.9. The van der Waals surface area contributed by atoms with Gasteiger partial charge in [-0.15, -0.1) is 0 Å². The molecule has 4 heteroatoms. The molecule has 0 spiro atoms. The van der Waals surface area contributed by atoms with Gasteiger partial charge in [-0.1, -0.05) is 34.6 Å². The van der Waals surface area contributed by atoms with Crippen molar-refractivity contribution in [2.45, 2.75) is 72.6 Å². The van der Waals surface area contributed by atoms with E-state index in [1.807, 2.05) is 6.07 Å². The predicted octanol–water partition coefficient (Wildman–Crippen LogP) is 5.76. The summed E-state index contributed by atoms with van der Waals surface area (Å²) in [5.41, 5.74) is 4.24. The van der Waals surface area contributed by atoms with Crippen LogP contribution in [0, 0.1) is 10.8 Å². The summed E-state index contributed by atoms with van der Waals surface area (Å²) in [4.78, 5) is 17.9. The van der Waals surface area contributed by atoms with Crippen LogP contribution in [0.5, 0.6) is 0 Å². The third kappa shape index (κ3) is 6.32. The summed E-state index contributed by atoms with van der Waals surface area (Å²) in [7, 11) is 1.66. The minimum absolute atomic E-state index is 0.191. The second-order valence-electron chi connectivity index (χ2n) is 11.4. The third-order valence-electron chi connectivity index (χ3n) is 7.13. The Morgan fingerprint density at radius 3 is 2.29 bits per heavy atom. The number of hydrogen-bond donors (Lipinski definition) is 0. The molecule has 1 heterocycles. The second kappa shape index (κ2) is 10.0. The first-order valence-corrected chi connectivity index (χ1v) is 12.3. The van der Waals surface area contributed by atoms with Crippen molar-refractivity contribution >= 4 is 11.5 Å². The molecule has 0 atom stereocenters. The van der Waals surface area contributed by atoms with Crippen molar-refractivity contribution in [3.63, 3.8) is 0 Å². The molecule has 1 aliphatic carbocycles. The standard InChI is InChI=1S/C27H44N2O2/c1-7-11-28-12-14-29(15-13-28)24-9-8-21(25(30)10-16-31-6)17-23(24)22-18-26(2,3)20-27(4,5)19-22/h8-9,17,22H,7,10-16,18-20H2,1-6H3. The number of ketones is 1. The van der Waals surface area contributed by atoms with Gasteiger partial charge in [-0.25, -0.2) is 0 Å². The fourth-order valence-electron chi connectivity index (χ4n) is 6.28. The molecule has 1 aromatic carbocycles. The quantitative estimate of drug-likeness (QED) is 0.493. The first-order valence-electron chi connectivity index (χ1n) is 12.3. The van der Waals surface area contributed by atoms with Crippen LogP contribution in [-0.2, 0) is 4.74 Å². The zero-order valence-electron chi connectivity index (χ0n) is 20.8. The van der Waals surface area contributed by atoms with Crippen LogP contribution in [0.25, 0.3) is 0 Å². The Bertz CT molecular complexity index is 732. The number of ether oxygens (including phenoxy) is 1. The van der Waals surface area contributed by atoms with Crippen LogP contribution in [0.3, 0.4) is 0 Å². The van der Waals surface area contributed by atoms with E-state index in [9.17, 15) is 4.79 Å². The molecule has 1 aliphatic heterocycles. The molecule has 0 bridgehead atoms. The first-order chi connectivity index (χ1) is 14.6. The summed E-state index contributed by atoms with van der Waals surface area (Å²) in [5.74, 6) is 0.689. The first kappa shape index (κ1) is 24.3. The zero-order chi connectivity index (χ0) is 22.6. The van der Waals surface area contributed by atoms with Gasteiger partial charge in [0.25, 0.3) is 0 Å². The van der Waals surface area contributed by atoms with Gasteiger partial charge >= 0.3 is 0 Å². The van der Waals surface area contributed by atoms with E-state index >= 15 is 0 Å². The average molecular weight is 429 g/mol. The fourth-order valence-corrected chi connectivity index (χ4v) is 6.28. The van der Waals surface area contributed by atoms with Crippen LogP contribution in [0.2, 0.25) is 0 Å². The molecule has 0 unspecified atom stereocenters. The molecule has 0 radical (unpaired) electrons. The van der Waals surface area contributed by atoms with Gasteiger partial charge in [0.1, 0.15) is 0 Å². The van der Waals surface area contributed by atoms with Crippen LogP contribution in [0.1, 0.15) is 88.6 Å². The third-order valence-corrected chi connectivity index (χ3v) is 7.13. The monoisotopic (exact) mass is 428 g/mol. The number of Topliss-reactive ketones (excluding diaryl/α,β-unsaturated/α-hetero) is 1. The molecule has 2 fully saturated rings. The number of carbonyl (C=O) groups excluding carboxylic acids is 1. The highest BCUT2D eigenvalue weighted by atomic mass is 16.5. The van der Waals surface area contributed by atoms with E-state index in [-0.39, 0.29) is 5.78 Å². The van der Waals surface area contributed by atoms with Crippen molar-refractivity contribution in [2.75, 3.05) is 51.3 Å². The second-order valence-corrected chi connectivity index (χ2v) is 11.4. The van der Waals surface area contributed by atoms with Gasteiger partial charge in [-0.3, -0.25) is 9.69 Å². The van der Waals surface area contributed by atoms with Crippen LogP contribution in [0.4, 0.5) is 5.69 Å². The van der Waals surface area contributed by atoms with Gasteiger partial charge in [0.2, 0.25) is 0 Å². The van der Waals surface area contributed by atoms with Gasteiger partial charge in [-0.2, -0.15) is 0 Å². The molecule has 0 N–H and O–H groups in total. The highest BCUT2D eigenvalue weighted by Gasteiger charge is 2.40. The minimum Gasteiger partial charge on any atom is -0.384 e. The summed E-state index contributed by atoms with van der Waals surface area (Å²) < 4.78 is 5.15. The molecule has 1 aromatic rings. The Balaban J connectivity index is 1.92. The van der Waals surface area contributed by atoms with E-state index in [1.54, 1.807) is 7.11 Å². The molecule has 1 saturated heterocycles. The molecule has 2 aliphatic rings. The zero-order valence-corrected chi connectivity index (χ0v) is 20.8. The Kier molecular flexibility index (Phi) is 7.86. The largest absolute Gasteiger partial charge is 0.384 e. The summed E-state index contributed by atoms with van der Waals surface area (Å²) >= 11 is 0. The van der Waals surface area contributed by atoms with Crippen LogP contribution >= 0.6 is 0 Å². The van der Waals surface area contributed by atoms with Crippen LogP contribution < -0.4 is 4.90 Å². The van der Waals surface area contributed by atoms with Crippen molar-refractivity contribution in [3.8, 4) is 0 Å². The average Bonchev–Trinajstić information content (AvgIpc) is 2.70. The Morgan fingerprint density at radius 2 is 1.71 bits per heavy atom. The number of nitrogens with zero attached hydrogens (tertiary/aromatic N) is 2. The van der Waals surface area contributed by atoms with E-state index in [0.717, 1.165) is 31.7 Å². The lowest BCUT2D eigenvalue weighted by Gasteiger charge is -2.46. The predicted molar refractivity (Wildman–Crippen MR) is 130 cm³/mol. The Morgan fingerprint density at radius 1 is 1.06 bits per heavy atom. The van der Waals surface area contributed by atoms with Crippen molar-refractivity contribution in [1.29, 1.82) is 0 Å². The fraction of sp³-hybridized carbons (Fsp3) is 0.741. The molecular formula is C27H44N2O2. The van der Waals surface area contributed by atoms with E-state index in [4.69, 9.17) is 4.74 Å².